The minimum Gasteiger partial charge on any atom is -0.298 e. The van der Waals surface area contributed by atoms with E-state index in [0.29, 0.717) is 12.1 Å². The minimum atomic E-state index is -1.08. The van der Waals surface area contributed by atoms with Gasteiger partial charge in [0.1, 0.15) is 0 Å². The van der Waals surface area contributed by atoms with Gasteiger partial charge in [-0.15, -0.1) is 0 Å². The molecule has 0 aromatic heterocycles. The Morgan fingerprint density at radius 3 is 1.68 bits per heavy atom. The van der Waals surface area contributed by atoms with Gasteiger partial charge >= 0.3 is 0 Å². The SMILES string of the molecule is CC[C@@]12C(=O)[C@@](C)(C(c3ccccc3)=C1c1ccccc1)[C@H]1C(=O)N(c3ccccc3)C(=O)[C@H]12. The van der Waals surface area contributed by atoms with Crippen LogP contribution in [0.25, 0.3) is 11.1 Å². The zero-order valence-electron chi connectivity index (χ0n) is 19.2. The third kappa shape index (κ3) is 2.30. The highest BCUT2D eigenvalue weighted by atomic mass is 16.2. The molecule has 0 radical (unpaired) electrons. The number of imide groups is 1. The first-order chi connectivity index (χ1) is 16.5. The minimum absolute atomic E-state index is 0.00428. The quantitative estimate of drug-likeness (QED) is 0.503. The van der Waals surface area contributed by atoms with E-state index in [1.54, 1.807) is 12.1 Å². The number of rotatable bonds is 4. The molecule has 2 bridgehead atoms. The van der Waals surface area contributed by atoms with Crippen molar-refractivity contribution in [1.82, 2.24) is 0 Å². The predicted molar refractivity (Wildman–Crippen MR) is 131 cm³/mol. The second-order valence-electron chi connectivity index (χ2n) is 9.64. The van der Waals surface area contributed by atoms with E-state index in [4.69, 9.17) is 0 Å². The number of amides is 2. The van der Waals surface area contributed by atoms with Gasteiger partial charge in [0.2, 0.25) is 11.8 Å². The predicted octanol–water partition coefficient (Wildman–Crippen LogP) is 5.40. The highest BCUT2D eigenvalue weighted by Crippen LogP contribution is 2.74. The summed E-state index contributed by atoms with van der Waals surface area (Å²) in [5.41, 5.74) is 2.12. The summed E-state index contributed by atoms with van der Waals surface area (Å²) in [6.45, 7) is 3.86. The normalized spacial score (nSPS) is 29.8. The summed E-state index contributed by atoms with van der Waals surface area (Å²) < 4.78 is 0. The fourth-order valence-corrected chi connectivity index (χ4v) is 6.96. The Morgan fingerprint density at radius 1 is 0.676 bits per heavy atom. The number of benzene rings is 3. The van der Waals surface area contributed by atoms with Gasteiger partial charge in [-0.3, -0.25) is 14.4 Å². The highest BCUT2D eigenvalue weighted by molar-refractivity contribution is 6.34. The van der Waals surface area contributed by atoms with Crippen LogP contribution in [0.5, 0.6) is 0 Å². The summed E-state index contributed by atoms with van der Waals surface area (Å²) in [7, 11) is 0. The molecule has 4 atom stereocenters. The number of carbonyl (C=O) groups is 3. The fraction of sp³-hybridized carbons (Fsp3) is 0.233. The lowest BCUT2D eigenvalue weighted by Crippen LogP contribution is -2.41. The number of Topliss-reactive ketones (excluding diaryl/α,β-unsaturated/α-hetero) is 1. The molecule has 0 N–H and O–H groups in total. The summed E-state index contributed by atoms with van der Waals surface area (Å²) in [5, 5.41) is 0. The smallest absolute Gasteiger partial charge is 0.239 e. The molecule has 3 aromatic rings. The Kier molecular flexibility index (Phi) is 4.34. The maximum absolute atomic E-state index is 14.4. The molecule has 2 amide bonds. The third-order valence-electron chi connectivity index (χ3n) is 8.25. The first-order valence-corrected chi connectivity index (χ1v) is 11.8. The van der Waals surface area contributed by atoms with Crippen molar-refractivity contribution in [2.75, 3.05) is 4.90 Å². The van der Waals surface area contributed by atoms with Crippen LogP contribution in [-0.4, -0.2) is 17.6 Å². The van der Waals surface area contributed by atoms with Crippen LogP contribution >= 0.6 is 0 Å². The largest absolute Gasteiger partial charge is 0.298 e. The van der Waals surface area contributed by atoms with Gasteiger partial charge in [-0.2, -0.15) is 0 Å². The summed E-state index contributed by atoms with van der Waals surface area (Å²) in [6.07, 6.45) is 0.463. The van der Waals surface area contributed by atoms with Crippen molar-refractivity contribution in [2.45, 2.75) is 20.3 Å². The lowest BCUT2D eigenvalue weighted by molar-refractivity contribution is -0.134. The molecule has 1 aliphatic heterocycles. The number of anilines is 1. The van der Waals surface area contributed by atoms with Gasteiger partial charge < -0.3 is 0 Å². The van der Waals surface area contributed by atoms with Crippen molar-refractivity contribution in [3.63, 3.8) is 0 Å². The van der Waals surface area contributed by atoms with E-state index in [2.05, 4.69) is 0 Å². The summed E-state index contributed by atoms with van der Waals surface area (Å²) in [4.78, 5) is 43.7. The number of carbonyl (C=O) groups excluding carboxylic acids is 3. The first-order valence-electron chi connectivity index (χ1n) is 11.8. The highest BCUT2D eigenvalue weighted by Gasteiger charge is 2.79. The summed E-state index contributed by atoms with van der Waals surface area (Å²) >= 11 is 0. The third-order valence-corrected chi connectivity index (χ3v) is 8.25. The Balaban J connectivity index is 1.67. The van der Waals surface area contributed by atoms with Crippen LogP contribution in [0, 0.1) is 22.7 Å². The van der Waals surface area contributed by atoms with E-state index >= 15 is 0 Å². The molecule has 1 saturated carbocycles. The van der Waals surface area contributed by atoms with Crippen LogP contribution in [0.1, 0.15) is 31.4 Å². The fourth-order valence-electron chi connectivity index (χ4n) is 6.96. The molecule has 1 saturated heterocycles. The lowest BCUT2D eigenvalue weighted by Gasteiger charge is -2.37. The van der Waals surface area contributed by atoms with Gasteiger partial charge in [-0.25, -0.2) is 4.90 Å². The molecule has 6 rings (SSSR count). The molecule has 0 unspecified atom stereocenters. The van der Waals surface area contributed by atoms with E-state index in [0.717, 1.165) is 22.3 Å². The topological polar surface area (TPSA) is 54.5 Å². The van der Waals surface area contributed by atoms with Crippen LogP contribution in [0.4, 0.5) is 5.69 Å². The molecule has 168 valence electrons. The summed E-state index contributed by atoms with van der Waals surface area (Å²) in [5.74, 6) is -1.95. The van der Waals surface area contributed by atoms with Gasteiger partial charge in [-0.1, -0.05) is 85.8 Å². The maximum Gasteiger partial charge on any atom is 0.239 e. The van der Waals surface area contributed by atoms with E-state index in [-0.39, 0.29) is 17.6 Å². The van der Waals surface area contributed by atoms with Gasteiger partial charge in [0.25, 0.3) is 0 Å². The molecule has 34 heavy (non-hydrogen) atoms. The Morgan fingerprint density at radius 2 is 1.15 bits per heavy atom. The Bertz CT molecular complexity index is 1360. The van der Waals surface area contributed by atoms with Crippen LogP contribution in [0.3, 0.4) is 0 Å². The average molecular weight is 448 g/mol. The van der Waals surface area contributed by atoms with Crippen molar-refractivity contribution < 1.29 is 14.4 Å². The second kappa shape index (κ2) is 7.10. The van der Waals surface area contributed by atoms with Crippen molar-refractivity contribution >= 4 is 34.4 Å². The molecule has 3 aromatic carbocycles. The number of ketones is 1. The molecular weight excluding hydrogens is 422 g/mol. The maximum atomic E-state index is 14.4. The van der Waals surface area contributed by atoms with Gasteiger partial charge in [0.05, 0.1) is 28.4 Å². The van der Waals surface area contributed by atoms with Crippen molar-refractivity contribution in [3.05, 3.63) is 102 Å². The van der Waals surface area contributed by atoms with Crippen LogP contribution in [0.2, 0.25) is 0 Å². The molecule has 2 fully saturated rings. The number of hydrogen-bond donors (Lipinski definition) is 0. The molecule has 0 spiro atoms. The zero-order chi connectivity index (χ0) is 23.7. The van der Waals surface area contributed by atoms with Crippen molar-refractivity contribution in [2.24, 2.45) is 22.7 Å². The summed E-state index contributed by atoms with van der Waals surface area (Å²) in [6, 6.07) is 28.8. The number of allylic oxidation sites excluding steroid dienone is 2. The number of fused-ring (bicyclic) bond motifs is 5. The van der Waals surface area contributed by atoms with Crippen molar-refractivity contribution in [1.29, 1.82) is 0 Å². The second-order valence-corrected chi connectivity index (χ2v) is 9.64. The molecular formula is C30H25NO3. The molecule has 4 heteroatoms. The van der Waals surface area contributed by atoms with Crippen molar-refractivity contribution in [3.8, 4) is 0 Å². The molecule has 2 aliphatic carbocycles. The standard InChI is InChI=1S/C30H25NO3/c1-3-30-23(20-15-9-5-10-16-20)22(19-13-7-4-8-14-19)29(2,28(30)34)24-25(30)27(33)31(26(24)32)21-17-11-6-12-18-21/h4-18,24-25H,3H2,1-2H3/t24-,25+,29+,30-/m1/s1. The van der Waals surface area contributed by atoms with Crippen LogP contribution < -0.4 is 4.90 Å². The molecule has 1 heterocycles. The van der Waals surface area contributed by atoms with Gasteiger partial charge in [-0.05, 0) is 47.8 Å². The van der Waals surface area contributed by atoms with E-state index < -0.39 is 22.7 Å². The van der Waals surface area contributed by atoms with E-state index in [1.807, 2.05) is 92.7 Å². The van der Waals surface area contributed by atoms with E-state index in [1.165, 1.54) is 4.90 Å². The zero-order valence-corrected chi connectivity index (χ0v) is 19.2. The van der Waals surface area contributed by atoms with Crippen LogP contribution in [-0.2, 0) is 14.4 Å². The number of para-hydroxylation sites is 1. The molecule has 4 nitrogen and oxygen atoms in total. The number of hydrogen-bond acceptors (Lipinski definition) is 3. The Hall–Kier alpha value is -3.79. The number of nitrogens with zero attached hydrogens (tertiary/aromatic N) is 1. The first kappa shape index (κ1) is 20.8. The Labute approximate surface area is 198 Å². The van der Waals surface area contributed by atoms with E-state index in [9.17, 15) is 14.4 Å². The van der Waals surface area contributed by atoms with Gasteiger partial charge in [0.15, 0.2) is 5.78 Å². The lowest BCUT2D eigenvalue weighted by atomic mass is 9.62. The average Bonchev–Trinajstić information content (AvgIpc) is 3.35. The monoisotopic (exact) mass is 447 g/mol. The molecule has 3 aliphatic rings. The van der Waals surface area contributed by atoms with Gasteiger partial charge in [0, 0.05) is 0 Å². The van der Waals surface area contributed by atoms with Crippen LogP contribution in [0.15, 0.2) is 91.0 Å².